The summed E-state index contributed by atoms with van der Waals surface area (Å²) in [5, 5.41) is 2.67. The van der Waals surface area contributed by atoms with E-state index in [1.165, 1.54) is 0 Å². The molecule has 0 aliphatic carbocycles. The number of imide groups is 1. The van der Waals surface area contributed by atoms with Crippen LogP contribution in [0, 0.1) is 0 Å². The molecular weight excluding hydrogens is 380 g/mol. The van der Waals surface area contributed by atoms with Crippen molar-refractivity contribution in [3.05, 3.63) is 0 Å². The van der Waals surface area contributed by atoms with Gasteiger partial charge in [-0.05, 0) is 12.8 Å². The average Bonchev–Trinajstić information content (AvgIpc) is 2.65. The highest BCUT2D eigenvalue weighted by Crippen LogP contribution is 2.12. The van der Waals surface area contributed by atoms with E-state index in [0.717, 1.165) is 69.1 Å². The van der Waals surface area contributed by atoms with E-state index in [9.17, 15) is 14.4 Å². The molecule has 0 aromatic carbocycles. The maximum Gasteiger partial charge on any atom is 0.234 e. The van der Waals surface area contributed by atoms with Gasteiger partial charge in [-0.25, -0.2) is 4.90 Å². The molecule has 27 heavy (non-hydrogen) atoms. The van der Waals surface area contributed by atoms with Crippen molar-refractivity contribution in [1.82, 2.24) is 10.2 Å². The zero-order chi connectivity index (χ0) is 20.5. The van der Waals surface area contributed by atoms with E-state index in [1.807, 2.05) is 0 Å². The number of amides is 2. The second kappa shape index (κ2) is 16.9. The maximum absolute atomic E-state index is 12.6. The Morgan fingerprint density at radius 2 is 1.26 bits per heavy atom. The molecule has 0 aliphatic heterocycles. The minimum atomic E-state index is -0.301. The first-order chi connectivity index (χ1) is 13.0. The van der Waals surface area contributed by atoms with Crippen molar-refractivity contribution < 1.29 is 14.4 Å². The van der Waals surface area contributed by atoms with Crippen molar-refractivity contribution in [2.24, 2.45) is 0 Å². The Balaban J connectivity index is 4.79. The average molecular weight is 415 g/mol. The van der Waals surface area contributed by atoms with Crippen LogP contribution in [-0.4, -0.2) is 39.5 Å². The van der Waals surface area contributed by atoms with Crippen LogP contribution in [0.5, 0.6) is 0 Å². The molecule has 0 rings (SSSR count). The van der Waals surface area contributed by atoms with Gasteiger partial charge < -0.3 is 10.1 Å². The molecule has 2 amide bonds. The number of carbonyl (C=O) groups is 3. The van der Waals surface area contributed by atoms with Gasteiger partial charge >= 0.3 is 0 Å². The normalized spacial score (nSPS) is 10.3. The molecule has 0 unspecified atom stereocenters. The van der Waals surface area contributed by atoms with Gasteiger partial charge in [-0.15, -0.1) is 0 Å². The molecule has 0 fully saturated rings. The van der Waals surface area contributed by atoms with E-state index < -0.39 is 0 Å². The molecule has 0 bridgehead atoms. The van der Waals surface area contributed by atoms with E-state index in [2.05, 4.69) is 19.2 Å². The van der Waals surface area contributed by atoms with Crippen molar-refractivity contribution in [3.8, 4) is 0 Å². The third kappa shape index (κ3) is 12.0. The lowest BCUT2D eigenvalue weighted by molar-refractivity contribution is -0.139. The van der Waals surface area contributed by atoms with Crippen LogP contribution in [0.2, 0.25) is 0 Å². The summed E-state index contributed by atoms with van der Waals surface area (Å²) in [6.45, 7) is 4.28. The first kappa shape index (κ1) is 25.8. The van der Waals surface area contributed by atoms with Crippen molar-refractivity contribution in [2.45, 2.75) is 90.9 Å². The summed E-state index contributed by atoms with van der Waals surface area (Å²) < 4.78 is 0. The lowest BCUT2D eigenvalue weighted by Gasteiger charge is -2.22. The Labute approximate surface area is 174 Å². The number of nitrogens with one attached hydrogen (secondary N) is 1. The summed E-state index contributed by atoms with van der Waals surface area (Å²) in [6, 6.07) is 0. The van der Waals surface area contributed by atoms with Gasteiger partial charge in [0.25, 0.3) is 0 Å². The van der Waals surface area contributed by atoms with Crippen LogP contribution in [0.15, 0.2) is 0 Å². The van der Waals surface area contributed by atoms with Crippen molar-refractivity contribution in [3.63, 3.8) is 0 Å². The number of hydrogen-bond acceptors (Lipinski definition) is 5. The predicted octanol–water partition coefficient (Wildman–Crippen LogP) is 4.51. The fourth-order valence-electron chi connectivity index (χ4n) is 2.66. The molecule has 1 N–H and O–H groups in total. The highest BCUT2D eigenvalue weighted by Gasteiger charge is 2.27. The van der Waals surface area contributed by atoms with E-state index in [0.29, 0.717) is 6.29 Å². The molecule has 0 spiro atoms. The minimum absolute atomic E-state index is 0.00320. The van der Waals surface area contributed by atoms with Gasteiger partial charge in [0.15, 0.2) is 0 Å². The van der Waals surface area contributed by atoms with Crippen molar-refractivity contribution in [1.29, 1.82) is 0 Å². The fraction of sp³-hybridized carbons (Fsp3) is 0.750. The zero-order valence-corrected chi connectivity index (χ0v) is 18.4. The fourth-order valence-corrected chi connectivity index (χ4v) is 3.11. The van der Waals surface area contributed by atoms with Gasteiger partial charge in [0.1, 0.15) is 16.3 Å². The van der Waals surface area contributed by atoms with Crippen LogP contribution >= 0.6 is 24.4 Å². The van der Waals surface area contributed by atoms with E-state index in [-0.39, 0.29) is 41.2 Å². The number of unbranched alkanes of at least 4 members (excludes halogenated alkanes) is 8. The molecule has 0 atom stereocenters. The smallest absolute Gasteiger partial charge is 0.234 e. The topological polar surface area (TPSA) is 66.5 Å². The summed E-state index contributed by atoms with van der Waals surface area (Å²) in [7, 11) is 0. The molecule has 154 valence electrons. The molecule has 0 radical (unpaired) electrons. The second-order valence-corrected chi connectivity index (χ2v) is 7.43. The Morgan fingerprint density at radius 3 is 1.67 bits per heavy atom. The monoisotopic (exact) mass is 414 g/mol. The summed E-state index contributed by atoms with van der Waals surface area (Å²) in [6.07, 6.45) is 11.3. The standard InChI is InChI=1S/C20H34N2O3S2/c1-3-5-7-9-11-13-17(24)22(20(27)19(26)21-15-16-23)18(25)14-12-10-8-6-4-2/h16H,3-15H2,1-2H3,(H,21,26). The second-order valence-electron chi connectivity index (χ2n) is 6.63. The SMILES string of the molecule is CCCCCCCC(=O)N(C(=O)CCCCCCC)C(=S)C(=S)NCC=O. The Kier molecular flexibility index (Phi) is 16.2. The maximum atomic E-state index is 12.6. The quantitative estimate of drug-likeness (QED) is 0.256. The van der Waals surface area contributed by atoms with Gasteiger partial charge in [0, 0.05) is 12.8 Å². The molecular formula is C20H34N2O3S2. The van der Waals surface area contributed by atoms with Gasteiger partial charge in [-0.2, -0.15) is 0 Å². The number of thiocarbonyl (C=S) groups is 2. The van der Waals surface area contributed by atoms with E-state index in [4.69, 9.17) is 24.4 Å². The zero-order valence-electron chi connectivity index (χ0n) is 16.8. The van der Waals surface area contributed by atoms with Gasteiger partial charge in [0.2, 0.25) is 11.8 Å². The summed E-state index contributed by atoms with van der Waals surface area (Å²) in [5.74, 6) is -0.601. The molecule has 0 aromatic heterocycles. The summed E-state index contributed by atoms with van der Waals surface area (Å²) in [5.41, 5.74) is 0. The molecule has 0 saturated carbocycles. The molecule has 0 aliphatic rings. The molecule has 0 aromatic rings. The van der Waals surface area contributed by atoms with Crippen LogP contribution < -0.4 is 5.32 Å². The van der Waals surface area contributed by atoms with Gasteiger partial charge in [0.05, 0.1) is 6.54 Å². The third-order valence-corrected chi connectivity index (χ3v) is 5.08. The lowest BCUT2D eigenvalue weighted by atomic mass is 10.1. The van der Waals surface area contributed by atoms with Crippen LogP contribution in [0.4, 0.5) is 0 Å². The van der Waals surface area contributed by atoms with Crippen LogP contribution in [0.1, 0.15) is 90.9 Å². The first-order valence-electron chi connectivity index (χ1n) is 10.1. The van der Waals surface area contributed by atoms with Crippen LogP contribution in [-0.2, 0) is 14.4 Å². The van der Waals surface area contributed by atoms with Gasteiger partial charge in [-0.1, -0.05) is 89.6 Å². The largest absolute Gasteiger partial charge is 0.367 e. The number of hydrogen-bond donors (Lipinski definition) is 1. The Bertz CT molecular complexity index is 470. The van der Waals surface area contributed by atoms with Gasteiger partial charge in [-0.3, -0.25) is 9.59 Å². The Hall–Kier alpha value is -1.21. The predicted molar refractivity (Wildman–Crippen MR) is 118 cm³/mol. The molecule has 5 nitrogen and oxygen atoms in total. The number of carbonyl (C=O) groups excluding carboxylic acids is 3. The highest BCUT2D eigenvalue weighted by molar-refractivity contribution is 7.89. The Morgan fingerprint density at radius 1 is 0.815 bits per heavy atom. The van der Waals surface area contributed by atoms with Crippen molar-refractivity contribution >= 4 is 52.5 Å². The van der Waals surface area contributed by atoms with E-state index in [1.54, 1.807) is 0 Å². The van der Waals surface area contributed by atoms with Crippen LogP contribution in [0.25, 0.3) is 0 Å². The number of aldehydes is 1. The third-order valence-electron chi connectivity index (χ3n) is 4.23. The van der Waals surface area contributed by atoms with E-state index >= 15 is 0 Å². The van der Waals surface area contributed by atoms with Crippen LogP contribution in [0.3, 0.4) is 0 Å². The summed E-state index contributed by atoms with van der Waals surface area (Å²) >= 11 is 10.4. The molecule has 7 heteroatoms. The molecule has 0 saturated heterocycles. The number of rotatable bonds is 14. The minimum Gasteiger partial charge on any atom is -0.367 e. The molecule has 0 heterocycles. The van der Waals surface area contributed by atoms with Crippen molar-refractivity contribution in [2.75, 3.05) is 6.54 Å². The lowest BCUT2D eigenvalue weighted by Crippen LogP contribution is -2.47. The summed E-state index contributed by atoms with van der Waals surface area (Å²) in [4.78, 5) is 36.9. The highest BCUT2D eigenvalue weighted by atomic mass is 32.1. The first-order valence-corrected chi connectivity index (χ1v) is 10.9. The number of nitrogens with zero attached hydrogens (tertiary/aromatic N) is 1.